The second-order valence-electron chi connectivity index (χ2n) is 5.44. The number of aromatic nitrogens is 1. The van der Waals surface area contributed by atoms with Gasteiger partial charge in [0.1, 0.15) is 0 Å². The molecule has 2 rings (SSSR count). The highest BCUT2D eigenvalue weighted by molar-refractivity contribution is 5.76. The van der Waals surface area contributed by atoms with E-state index in [1.807, 2.05) is 23.2 Å². The highest BCUT2D eigenvalue weighted by Crippen LogP contribution is 2.22. The lowest BCUT2D eigenvalue weighted by atomic mass is 9.93. The number of carbonyl (C=O) groups excluding carboxylic acids is 1. The number of nitrogens with two attached hydrogens (primary N) is 1. The van der Waals surface area contributed by atoms with E-state index >= 15 is 0 Å². The van der Waals surface area contributed by atoms with E-state index in [0.717, 1.165) is 31.4 Å². The second-order valence-corrected chi connectivity index (χ2v) is 5.44. The molecule has 2 atom stereocenters. The SMILES string of the molecule is CC1CCC(CN)CN1C(=O)CCc1cccnc1. The number of pyridine rings is 1. The summed E-state index contributed by atoms with van der Waals surface area (Å²) in [6, 6.07) is 4.28. The molecule has 4 heteroatoms. The molecule has 1 aliphatic heterocycles. The van der Waals surface area contributed by atoms with Gasteiger partial charge in [0, 0.05) is 31.4 Å². The van der Waals surface area contributed by atoms with Gasteiger partial charge in [-0.05, 0) is 50.3 Å². The highest BCUT2D eigenvalue weighted by Gasteiger charge is 2.27. The maximum atomic E-state index is 12.3. The van der Waals surface area contributed by atoms with Crippen LogP contribution in [0.5, 0.6) is 0 Å². The third-order valence-electron chi connectivity index (χ3n) is 3.98. The second kappa shape index (κ2) is 6.66. The summed E-state index contributed by atoms with van der Waals surface area (Å²) in [4.78, 5) is 18.4. The number of piperidine rings is 1. The molecule has 1 fully saturated rings. The summed E-state index contributed by atoms with van der Waals surface area (Å²) >= 11 is 0. The van der Waals surface area contributed by atoms with Crippen LogP contribution in [0.1, 0.15) is 31.7 Å². The molecule has 4 nitrogen and oxygen atoms in total. The van der Waals surface area contributed by atoms with Gasteiger partial charge < -0.3 is 10.6 Å². The molecule has 1 aromatic heterocycles. The van der Waals surface area contributed by atoms with Crippen LogP contribution in [0.25, 0.3) is 0 Å². The molecule has 0 spiro atoms. The van der Waals surface area contributed by atoms with Crippen molar-refractivity contribution < 1.29 is 4.79 Å². The minimum atomic E-state index is 0.245. The lowest BCUT2D eigenvalue weighted by Gasteiger charge is -2.37. The van der Waals surface area contributed by atoms with E-state index in [-0.39, 0.29) is 5.91 Å². The number of rotatable bonds is 4. The maximum Gasteiger partial charge on any atom is 0.223 e. The van der Waals surface area contributed by atoms with E-state index in [2.05, 4.69) is 11.9 Å². The number of hydrogen-bond donors (Lipinski definition) is 1. The Labute approximate surface area is 115 Å². The fraction of sp³-hybridized carbons (Fsp3) is 0.600. The molecule has 0 aliphatic carbocycles. The van der Waals surface area contributed by atoms with Gasteiger partial charge in [-0.15, -0.1) is 0 Å². The first-order valence-electron chi connectivity index (χ1n) is 7.09. The van der Waals surface area contributed by atoms with Crippen LogP contribution in [0.4, 0.5) is 0 Å². The molecule has 0 aromatic carbocycles. The summed E-state index contributed by atoms with van der Waals surface area (Å²) < 4.78 is 0. The van der Waals surface area contributed by atoms with Gasteiger partial charge >= 0.3 is 0 Å². The van der Waals surface area contributed by atoms with Gasteiger partial charge in [-0.3, -0.25) is 9.78 Å². The highest BCUT2D eigenvalue weighted by atomic mass is 16.2. The topological polar surface area (TPSA) is 59.2 Å². The van der Waals surface area contributed by atoms with Crippen LogP contribution >= 0.6 is 0 Å². The number of hydrogen-bond acceptors (Lipinski definition) is 3. The first kappa shape index (κ1) is 14.0. The fourth-order valence-corrected chi connectivity index (χ4v) is 2.66. The summed E-state index contributed by atoms with van der Waals surface area (Å²) in [7, 11) is 0. The van der Waals surface area contributed by atoms with E-state index in [9.17, 15) is 4.79 Å². The molecule has 1 saturated heterocycles. The van der Waals surface area contributed by atoms with Crippen molar-refractivity contribution in [2.75, 3.05) is 13.1 Å². The molecular weight excluding hydrogens is 238 g/mol. The molecule has 2 N–H and O–H groups in total. The summed E-state index contributed by atoms with van der Waals surface area (Å²) in [6.45, 7) is 3.64. The zero-order valence-corrected chi connectivity index (χ0v) is 11.6. The number of likely N-dealkylation sites (tertiary alicyclic amines) is 1. The predicted octanol–water partition coefficient (Wildman–Crippen LogP) is 1.60. The van der Waals surface area contributed by atoms with Gasteiger partial charge in [0.2, 0.25) is 5.91 Å². The standard InChI is InChI=1S/C15H23N3O/c1-12-4-5-14(9-16)11-18(12)15(19)7-6-13-3-2-8-17-10-13/h2-3,8,10,12,14H,4-7,9,11,16H2,1H3. The third kappa shape index (κ3) is 3.77. The van der Waals surface area contributed by atoms with Crippen LogP contribution in [0.3, 0.4) is 0 Å². The summed E-state index contributed by atoms with van der Waals surface area (Å²) in [6.07, 6.45) is 7.13. The zero-order chi connectivity index (χ0) is 13.7. The van der Waals surface area contributed by atoms with Crippen molar-refractivity contribution in [2.24, 2.45) is 11.7 Å². The monoisotopic (exact) mass is 261 g/mol. The smallest absolute Gasteiger partial charge is 0.223 e. The molecule has 1 aromatic rings. The van der Waals surface area contributed by atoms with E-state index in [1.165, 1.54) is 0 Å². The number of nitrogens with zero attached hydrogens (tertiary/aromatic N) is 2. The Morgan fingerprint density at radius 3 is 3.05 bits per heavy atom. The number of amides is 1. The Kier molecular flexibility index (Phi) is 4.91. The molecule has 2 unspecified atom stereocenters. The molecule has 104 valence electrons. The van der Waals surface area contributed by atoms with Crippen LogP contribution in [0.2, 0.25) is 0 Å². The normalized spacial score (nSPS) is 23.4. The summed E-state index contributed by atoms with van der Waals surface area (Å²) in [5, 5.41) is 0. The molecule has 2 heterocycles. The van der Waals surface area contributed by atoms with E-state index in [0.29, 0.717) is 24.9 Å². The summed E-state index contributed by atoms with van der Waals surface area (Å²) in [5.41, 5.74) is 6.85. The lowest BCUT2D eigenvalue weighted by Crippen LogP contribution is -2.47. The van der Waals surface area contributed by atoms with Crippen molar-refractivity contribution in [3.8, 4) is 0 Å². The van der Waals surface area contributed by atoms with Crippen LogP contribution < -0.4 is 5.73 Å². The molecule has 0 bridgehead atoms. The van der Waals surface area contributed by atoms with Crippen molar-refractivity contribution in [1.82, 2.24) is 9.88 Å². The third-order valence-corrected chi connectivity index (χ3v) is 3.98. The van der Waals surface area contributed by atoms with Crippen LogP contribution in [0, 0.1) is 5.92 Å². The van der Waals surface area contributed by atoms with Crippen molar-refractivity contribution in [3.63, 3.8) is 0 Å². The number of aryl methyl sites for hydroxylation is 1. The van der Waals surface area contributed by atoms with E-state index in [4.69, 9.17) is 5.73 Å². The molecule has 0 radical (unpaired) electrons. The van der Waals surface area contributed by atoms with Crippen LogP contribution in [-0.4, -0.2) is 34.9 Å². The quantitative estimate of drug-likeness (QED) is 0.895. The van der Waals surface area contributed by atoms with Crippen LogP contribution in [0.15, 0.2) is 24.5 Å². The van der Waals surface area contributed by atoms with Gasteiger partial charge in [-0.2, -0.15) is 0 Å². The Hall–Kier alpha value is -1.42. The Bertz CT molecular complexity index is 407. The first-order valence-corrected chi connectivity index (χ1v) is 7.09. The molecule has 1 aliphatic rings. The minimum absolute atomic E-state index is 0.245. The van der Waals surface area contributed by atoms with E-state index < -0.39 is 0 Å². The molecular formula is C15H23N3O. The zero-order valence-electron chi connectivity index (χ0n) is 11.6. The van der Waals surface area contributed by atoms with Gasteiger partial charge in [0.25, 0.3) is 0 Å². The minimum Gasteiger partial charge on any atom is -0.340 e. The van der Waals surface area contributed by atoms with Crippen molar-refractivity contribution in [1.29, 1.82) is 0 Å². The average Bonchev–Trinajstić information content (AvgIpc) is 2.46. The van der Waals surface area contributed by atoms with Crippen molar-refractivity contribution >= 4 is 5.91 Å². The van der Waals surface area contributed by atoms with Gasteiger partial charge in [0.15, 0.2) is 0 Å². The fourth-order valence-electron chi connectivity index (χ4n) is 2.66. The van der Waals surface area contributed by atoms with E-state index in [1.54, 1.807) is 6.20 Å². The largest absolute Gasteiger partial charge is 0.340 e. The predicted molar refractivity (Wildman–Crippen MR) is 75.5 cm³/mol. The molecule has 0 saturated carbocycles. The Morgan fingerprint density at radius 2 is 2.37 bits per heavy atom. The average molecular weight is 261 g/mol. The van der Waals surface area contributed by atoms with Gasteiger partial charge in [-0.25, -0.2) is 0 Å². The Balaban J connectivity index is 1.88. The Morgan fingerprint density at radius 1 is 1.53 bits per heavy atom. The summed E-state index contributed by atoms with van der Waals surface area (Å²) in [5.74, 6) is 0.716. The molecule has 19 heavy (non-hydrogen) atoms. The van der Waals surface area contributed by atoms with Gasteiger partial charge in [0.05, 0.1) is 0 Å². The maximum absolute atomic E-state index is 12.3. The molecule has 1 amide bonds. The number of carbonyl (C=O) groups is 1. The van der Waals surface area contributed by atoms with Crippen molar-refractivity contribution in [2.45, 2.75) is 38.6 Å². The first-order chi connectivity index (χ1) is 9.20. The van der Waals surface area contributed by atoms with Gasteiger partial charge in [-0.1, -0.05) is 6.07 Å². The van der Waals surface area contributed by atoms with Crippen LogP contribution in [-0.2, 0) is 11.2 Å². The lowest BCUT2D eigenvalue weighted by molar-refractivity contribution is -0.135. The van der Waals surface area contributed by atoms with Crippen molar-refractivity contribution in [3.05, 3.63) is 30.1 Å².